The summed E-state index contributed by atoms with van der Waals surface area (Å²) in [6.07, 6.45) is 2.67. The van der Waals surface area contributed by atoms with Crippen LogP contribution in [-0.4, -0.2) is 53.1 Å². The lowest BCUT2D eigenvalue weighted by Crippen LogP contribution is -2.36. The van der Waals surface area contributed by atoms with Gasteiger partial charge in [-0.1, -0.05) is 0 Å². The fourth-order valence-corrected chi connectivity index (χ4v) is 1.79. The van der Waals surface area contributed by atoms with Crippen LogP contribution in [0, 0.1) is 5.92 Å². The maximum Gasteiger partial charge on any atom is 0.0700 e. The molecule has 0 aromatic carbocycles. The minimum absolute atomic E-state index is 0.687. The molecule has 1 atom stereocenters. The summed E-state index contributed by atoms with van der Waals surface area (Å²) in [7, 11) is 1.69. The molecule has 0 aromatic rings. The molecule has 1 fully saturated rings. The molecular formula is C11H24N2O2. The summed E-state index contributed by atoms with van der Waals surface area (Å²) in [5, 5.41) is 6.84. The molecule has 1 aliphatic rings. The molecule has 90 valence electrons. The Morgan fingerprint density at radius 3 is 3.00 bits per heavy atom. The smallest absolute Gasteiger partial charge is 0.0700 e. The maximum atomic E-state index is 5.36. The Hall–Kier alpha value is -0.160. The van der Waals surface area contributed by atoms with Gasteiger partial charge in [-0.05, 0) is 38.4 Å². The monoisotopic (exact) mass is 216 g/mol. The minimum atomic E-state index is 0.687. The Morgan fingerprint density at radius 1 is 1.33 bits per heavy atom. The van der Waals surface area contributed by atoms with Crippen LogP contribution in [-0.2, 0) is 9.47 Å². The number of methoxy groups -OCH3 is 1. The van der Waals surface area contributed by atoms with Crippen LogP contribution in [0.1, 0.15) is 12.8 Å². The van der Waals surface area contributed by atoms with E-state index < -0.39 is 0 Å². The third kappa shape index (κ3) is 6.84. The van der Waals surface area contributed by atoms with E-state index in [9.17, 15) is 0 Å². The highest BCUT2D eigenvalue weighted by atomic mass is 16.5. The molecular weight excluding hydrogens is 192 g/mol. The Balaban J connectivity index is 1.79. The van der Waals surface area contributed by atoms with Gasteiger partial charge in [0.1, 0.15) is 0 Å². The van der Waals surface area contributed by atoms with E-state index in [-0.39, 0.29) is 0 Å². The zero-order valence-electron chi connectivity index (χ0n) is 9.76. The first-order valence-electron chi connectivity index (χ1n) is 5.91. The summed E-state index contributed by atoms with van der Waals surface area (Å²) < 4.78 is 10.3. The summed E-state index contributed by atoms with van der Waals surface area (Å²) in [6.45, 7) is 6.58. The van der Waals surface area contributed by atoms with Crippen molar-refractivity contribution in [2.24, 2.45) is 5.92 Å². The molecule has 0 radical (unpaired) electrons. The van der Waals surface area contributed by atoms with Crippen LogP contribution in [0.15, 0.2) is 0 Å². The molecule has 1 saturated heterocycles. The van der Waals surface area contributed by atoms with Crippen molar-refractivity contribution < 1.29 is 9.47 Å². The highest BCUT2D eigenvalue weighted by Gasteiger charge is 2.11. The first-order chi connectivity index (χ1) is 7.43. The van der Waals surface area contributed by atoms with Crippen LogP contribution in [0.25, 0.3) is 0 Å². The van der Waals surface area contributed by atoms with Gasteiger partial charge in [-0.2, -0.15) is 0 Å². The van der Waals surface area contributed by atoms with E-state index >= 15 is 0 Å². The number of rotatable bonds is 8. The molecule has 1 aliphatic heterocycles. The van der Waals surface area contributed by atoms with Crippen molar-refractivity contribution in [3.63, 3.8) is 0 Å². The van der Waals surface area contributed by atoms with Gasteiger partial charge >= 0.3 is 0 Å². The molecule has 1 rings (SSSR count). The Bertz CT molecular complexity index is 139. The van der Waals surface area contributed by atoms with E-state index in [1.165, 1.54) is 19.4 Å². The van der Waals surface area contributed by atoms with Crippen molar-refractivity contribution in [2.75, 3.05) is 53.1 Å². The SMILES string of the molecule is COCCOCCNCC1CCCNC1. The van der Waals surface area contributed by atoms with Crippen LogP contribution in [0.3, 0.4) is 0 Å². The van der Waals surface area contributed by atoms with Gasteiger partial charge in [-0.3, -0.25) is 0 Å². The van der Waals surface area contributed by atoms with Gasteiger partial charge in [0.15, 0.2) is 0 Å². The van der Waals surface area contributed by atoms with Crippen molar-refractivity contribution >= 4 is 0 Å². The largest absolute Gasteiger partial charge is 0.382 e. The summed E-state index contributed by atoms with van der Waals surface area (Å²) >= 11 is 0. The zero-order valence-corrected chi connectivity index (χ0v) is 9.76. The second-order valence-corrected chi connectivity index (χ2v) is 4.02. The Morgan fingerprint density at radius 2 is 2.27 bits per heavy atom. The maximum absolute atomic E-state index is 5.36. The lowest BCUT2D eigenvalue weighted by molar-refractivity contribution is 0.0716. The van der Waals surface area contributed by atoms with Crippen LogP contribution >= 0.6 is 0 Å². The summed E-state index contributed by atoms with van der Waals surface area (Å²) in [5.41, 5.74) is 0. The van der Waals surface area contributed by atoms with Crippen LogP contribution < -0.4 is 10.6 Å². The van der Waals surface area contributed by atoms with Crippen molar-refractivity contribution in [1.29, 1.82) is 0 Å². The number of piperidine rings is 1. The molecule has 0 aromatic heterocycles. The molecule has 15 heavy (non-hydrogen) atoms. The molecule has 1 heterocycles. The average Bonchev–Trinajstić information content (AvgIpc) is 2.29. The standard InChI is InChI=1S/C11H24N2O2/c1-14-7-8-15-6-5-13-10-11-3-2-4-12-9-11/h11-13H,2-10H2,1H3. The average molecular weight is 216 g/mol. The number of hydrogen-bond donors (Lipinski definition) is 2. The molecule has 0 aliphatic carbocycles. The molecule has 0 amide bonds. The van der Waals surface area contributed by atoms with Crippen molar-refractivity contribution in [3.05, 3.63) is 0 Å². The van der Waals surface area contributed by atoms with Gasteiger partial charge in [0.25, 0.3) is 0 Å². The van der Waals surface area contributed by atoms with Crippen molar-refractivity contribution in [2.45, 2.75) is 12.8 Å². The first-order valence-corrected chi connectivity index (χ1v) is 5.91. The fourth-order valence-electron chi connectivity index (χ4n) is 1.79. The summed E-state index contributed by atoms with van der Waals surface area (Å²) in [4.78, 5) is 0. The predicted molar refractivity (Wildman–Crippen MR) is 61.2 cm³/mol. The molecule has 1 unspecified atom stereocenters. The van der Waals surface area contributed by atoms with Gasteiger partial charge in [-0.25, -0.2) is 0 Å². The normalized spacial score (nSPS) is 21.8. The summed E-state index contributed by atoms with van der Waals surface area (Å²) in [6, 6.07) is 0. The van der Waals surface area contributed by atoms with E-state index in [0.29, 0.717) is 13.2 Å². The second-order valence-electron chi connectivity index (χ2n) is 4.02. The highest BCUT2D eigenvalue weighted by Crippen LogP contribution is 2.07. The lowest BCUT2D eigenvalue weighted by Gasteiger charge is -2.22. The van der Waals surface area contributed by atoms with Gasteiger partial charge < -0.3 is 20.1 Å². The van der Waals surface area contributed by atoms with Crippen LogP contribution in [0.5, 0.6) is 0 Å². The van der Waals surface area contributed by atoms with E-state index in [1.54, 1.807) is 7.11 Å². The van der Waals surface area contributed by atoms with E-state index in [1.807, 2.05) is 0 Å². The number of hydrogen-bond acceptors (Lipinski definition) is 4. The molecule has 4 heteroatoms. The first kappa shape index (κ1) is 12.9. The summed E-state index contributed by atoms with van der Waals surface area (Å²) in [5.74, 6) is 0.803. The molecule has 2 N–H and O–H groups in total. The molecule has 4 nitrogen and oxygen atoms in total. The Labute approximate surface area is 92.7 Å². The molecule has 0 saturated carbocycles. The van der Waals surface area contributed by atoms with E-state index in [4.69, 9.17) is 9.47 Å². The molecule has 0 bridgehead atoms. The highest BCUT2D eigenvalue weighted by molar-refractivity contribution is 4.70. The quantitative estimate of drug-likeness (QED) is 0.570. The number of ether oxygens (including phenoxy) is 2. The van der Waals surface area contributed by atoms with Gasteiger partial charge in [0, 0.05) is 13.7 Å². The van der Waals surface area contributed by atoms with Gasteiger partial charge in [-0.15, -0.1) is 0 Å². The Kier molecular flexibility index (Phi) is 7.83. The lowest BCUT2D eigenvalue weighted by atomic mass is 10.00. The van der Waals surface area contributed by atoms with Crippen molar-refractivity contribution in [3.8, 4) is 0 Å². The second kappa shape index (κ2) is 9.09. The third-order valence-corrected chi connectivity index (χ3v) is 2.69. The van der Waals surface area contributed by atoms with E-state index in [0.717, 1.165) is 32.2 Å². The minimum Gasteiger partial charge on any atom is -0.382 e. The zero-order chi connectivity index (χ0) is 10.8. The topological polar surface area (TPSA) is 42.5 Å². The third-order valence-electron chi connectivity index (χ3n) is 2.69. The van der Waals surface area contributed by atoms with Crippen LogP contribution in [0.4, 0.5) is 0 Å². The van der Waals surface area contributed by atoms with Crippen LogP contribution in [0.2, 0.25) is 0 Å². The van der Waals surface area contributed by atoms with Crippen molar-refractivity contribution in [1.82, 2.24) is 10.6 Å². The molecule has 0 spiro atoms. The van der Waals surface area contributed by atoms with E-state index in [2.05, 4.69) is 10.6 Å². The fraction of sp³-hybridized carbons (Fsp3) is 1.00. The van der Waals surface area contributed by atoms with Gasteiger partial charge in [0.05, 0.1) is 19.8 Å². The van der Waals surface area contributed by atoms with Gasteiger partial charge in [0.2, 0.25) is 0 Å². The number of nitrogens with one attached hydrogen (secondary N) is 2. The predicted octanol–water partition coefficient (Wildman–Crippen LogP) is 0.239.